The molecule has 1 aliphatic rings. The lowest BCUT2D eigenvalue weighted by molar-refractivity contribution is 0.291. The van der Waals surface area contributed by atoms with Crippen LogP contribution in [0.25, 0.3) is 0 Å². The lowest BCUT2D eigenvalue weighted by atomic mass is 9.84. The maximum atomic E-state index is 5.30. The average Bonchev–Trinajstić information content (AvgIpc) is 2.31. The number of terminal acetylenes is 1. The van der Waals surface area contributed by atoms with E-state index in [2.05, 4.69) is 18.2 Å². The molecule has 0 bridgehead atoms. The summed E-state index contributed by atoms with van der Waals surface area (Å²) >= 11 is 0. The fourth-order valence-electron chi connectivity index (χ4n) is 2.87. The molecule has 1 nitrogen and oxygen atoms in total. The van der Waals surface area contributed by atoms with Crippen LogP contribution < -0.4 is 5.32 Å². The molecule has 16 heavy (non-hydrogen) atoms. The summed E-state index contributed by atoms with van der Waals surface area (Å²) in [5.74, 6) is 3.72. The monoisotopic (exact) mass is 221 g/mol. The lowest BCUT2D eigenvalue weighted by Crippen LogP contribution is -2.31. The number of hydrogen-bond donors (Lipinski definition) is 1. The van der Waals surface area contributed by atoms with Crippen LogP contribution in [0.4, 0.5) is 0 Å². The van der Waals surface area contributed by atoms with Gasteiger partial charge in [-0.1, -0.05) is 39.0 Å². The van der Waals surface area contributed by atoms with Crippen molar-refractivity contribution in [2.24, 2.45) is 5.92 Å². The zero-order chi connectivity index (χ0) is 11.6. The Morgan fingerprint density at radius 3 is 2.69 bits per heavy atom. The second-order valence-corrected chi connectivity index (χ2v) is 5.09. The molecule has 1 fully saturated rings. The zero-order valence-electron chi connectivity index (χ0n) is 10.8. The van der Waals surface area contributed by atoms with Crippen LogP contribution >= 0.6 is 0 Å². The molecule has 1 heteroatoms. The average molecular weight is 221 g/mol. The fourth-order valence-corrected chi connectivity index (χ4v) is 2.87. The van der Waals surface area contributed by atoms with Crippen molar-refractivity contribution in [3.63, 3.8) is 0 Å². The summed E-state index contributed by atoms with van der Waals surface area (Å²) in [6.45, 7) is 3.29. The molecule has 1 atom stereocenters. The third-order valence-corrected chi connectivity index (χ3v) is 3.71. The summed E-state index contributed by atoms with van der Waals surface area (Å²) in [5, 5.41) is 3.62. The second kappa shape index (κ2) is 8.65. The number of hydrogen-bond acceptors (Lipinski definition) is 1. The first-order valence-electron chi connectivity index (χ1n) is 7.03. The Kier molecular flexibility index (Phi) is 7.34. The largest absolute Gasteiger partial charge is 0.314 e. The van der Waals surface area contributed by atoms with E-state index in [9.17, 15) is 0 Å². The van der Waals surface area contributed by atoms with Crippen molar-refractivity contribution in [1.29, 1.82) is 0 Å². The van der Waals surface area contributed by atoms with Crippen LogP contribution in [0, 0.1) is 18.3 Å². The van der Waals surface area contributed by atoms with Crippen molar-refractivity contribution in [3.05, 3.63) is 0 Å². The molecule has 1 saturated carbocycles. The highest BCUT2D eigenvalue weighted by molar-refractivity contribution is 4.84. The van der Waals surface area contributed by atoms with Crippen LogP contribution in [0.3, 0.4) is 0 Å². The Balaban J connectivity index is 2.22. The fraction of sp³-hybridized carbons (Fsp3) is 0.867. The third kappa shape index (κ3) is 5.56. The second-order valence-electron chi connectivity index (χ2n) is 5.09. The molecule has 1 aliphatic carbocycles. The molecule has 0 spiro atoms. The van der Waals surface area contributed by atoms with Crippen molar-refractivity contribution in [1.82, 2.24) is 5.32 Å². The number of rotatable bonds is 7. The Bertz CT molecular complexity index is 198. The van der Waals surface area contributed by atoms with Gasteiger partial charge in [-0.25, -0.2) is 0 Å². The highest BCUT2D eigenvalue weighted by atomic mass is 14.9. The van der Waals surface area contributed by atoms with Crippen molar-refractivity contribution < 1.29 is 0 Å². The molecule has 0 aliphatic heterocycles. The first-order chi connectivity index (χ1) is 7.86. The van der Waals surface area contributed by atoms with Gasteiger partial charge < -0.3 is 5.32 Å². The minimum absolute atomic E-state index is 0.710. The molecule has 1 unspecified atom stereocenters. The number of nitrogens with one attached hydrogen (secondary N) is 1. The van der Waals surface area contributed by atoms with E-state index in [0.29, 0.717) is 6.04 Å². The summed E-state index contributed by atoms with van der Waals surface area (Å²) < 4.78 is 0. The van der Waals surface area contributed by atoms with E-state index in [4.69, 9.17) is 6.42 Å². The molecule has 92 valence electrons. The predicted molar refractivity (Wildman–Crippen MR) is 71.3 cm³/mol. The highest BCUT2D eigenvalue weighted by Gasteiger charge is 2.17. The Hall–Kier alpha value is -0.480. The van der Waals surface area contributed by atoms with Crippen LogP contribution in [0.1, 0.15) is 64.7 Å². The van der Waals surface area contributed by atoms with Gasteiger partial charge in [0.2, 0.25) is 0 Å². The van der Waals surface area contributed by atoms with Crippen LogP contribution in [0.2, 0.25) is 0 Å². The van der Waals surface area contributed by atoms with Gasteiger partial charge in [0.25, 0.3) is 0 Å². The van der Waals surface area contributed by atoms with E-state index in [0.717, 1.165) is 18.9 Å². The predicted octanol–water partition coefficient (Wildman–Crippen LogP) is 3.74. The Labute approximate surface area is 101 Å². The summed E-state index contributed by atoms with van der Waals surface area (Å²) in [7, 11) is 0. The van der Waals surface area contributed by atoms with Crippen LogP contribution in [0.15, 0.2) is 0 Å². The zero-order valence-corrected chi connectivity index (χ0v) is 10.8. The van der Waals surface area contributed by atoms with Gasteiger partial charge in [0, 0.05) is 12.5 Å². The Morgan fingerprint density at radius 2 is 2.06 bits per heavy atom. The van der Waals surface area contributed by atoms with Gasteiger partial charge in [0.05, 0.1) is 0 Å². The molecule has 1 N–H and O–H groups in total. The van der Waals surface area contributed by atoms with Gasteiger partial charge in [0.15, 0.2) is 0 Å². The van der Waals surface area contributed by atoms with Gasteiger partial charge in [-0.2, -0.15) is 0 Å². The van der Waals surface area contributed by atoms with Crippen molar-refractivity contribution in [2.75, 3.05) is 6.54 Å². The van der Waals surface area contributed by atoms with E-state index >= 15 is 0 Å². The molecule has 1 rings (SSSR count). The Morgan fingerprint density at radius 1 is 1.31 bits per heavy atom. The normalized spacial score (nSPS) is 19.2. The molecule has 0 aromatic heterocycles. The summed E-state index contributed by atoms with van der Waals surface area (Å²) in [5.41, 5.74) is 0. The molecule has 0 aromatic carbocycles. The third-order valence-electron chi connectivity index (χ3n) is 3.71. The highest BCUT2D eigenvalue weighted by Crippen LogP contribution is 2.28. The van der Waals surface area contributed by atoms with Crippen molar-refractivity contribution in [3.8, 4) is 12.3 Å². The lowest BCUT2D eigenvalue weighted by Gasteiger charge is -2.27. The minimum atomic E-state index is 0.710. The maximum Gasteiger partial charge on any atom is 0.00866 e. The minimum Gasteiger partial charge on any atom is -0.314 e. The molecular weight excluding hydrogens is 194 g/mol. The molecule has 0 aromatic rings. The molecule has 0 radical (unpaired) electrons. The summed E-state index contributed by atoms with van der Waals surface area (Å²) in [6, 6.07) is 0.710. The van der Waals surface area contributed by atoms with Gasteiger partial charge in [-0.15, -0.1) is 12.3 Å². The van der Waals surface area contributed by atoms with E-state index in [-0.39, 0.29) is 0 Å². The molecule has 0 saturated heterocycles. The van der Waals surface area contributed by atoms with Gasteiger partial charge >= 0.3 is 0 Å². The maximum absolute atomic E-state index is 5.30. The first kappa shape index (κ1) is 13.6. The first-order valence-corrected chi connectivity index (χ1v) is 7.03. The molecular formula is C15H27N. The standard InChI is InChI=1S/C15H27N/c1-3-5-7-12-15(16-4-2)13-14-10-8-6-9-11-14/h1,14-16H,4-13H2,2H3. The van der Waals surface area contributed by atoms with Crippen molar-refractivity contribution >= 4 is 0 Å². The van der Waals surface area contributed by atoms with Crippen LogP contribution in [-0.2, 0) is 0 Å². The molecule has 0 heterocycles. The van der Waals surface area contributed by atoms with E-state index < -0.39 is 0 Å². The van der Waals surface area contributed by atoms with E-state index in [1.54, 1.807) is 0 Å². The molecule has 0 amide bonds. The van der Waals surface area contributed by atoms with Crippen molar-refractivity contribution in [2.45, 2.75) is 70.8 Å². The smallest absolute Gasteiger partial charge is 0.00866 e. The van der Waals surface area contributed by atoms with Gasteiger partial charge in [-0.05, 0) is 31.7 Å². The number of unbranched alkanes of at least 4 members (excludes halogenated alkanes) is 1. The van der Waals surface area contributed by atoms with E-state index in [1.165, 1.54) is 51.4 Å². The summed E-state index contributed by atoms with van der Waals surface area (Å²) in [4.78, 5) is 0. The van der Waals surface area contributed by atoms with Gasteiger partial charge in [-0.3, -0.25) is 0 Å². The van der Waals surface area contributed by atoms with Gasteiger partial charge in [0.1, 0.15) is 0 Å². The van der Waals surface area contributed by atoms with E-state index in [1.807, 2.05) is 0 Å². The van der Waals surface area contributed by atoms with Crippen LogP contribution in [0.5, 0.6) is 0 Å². The topological polar surface area (TPSA) is 12.0 Å². The van der Waals surface area contributed by atoms with Crippen LogP contribution in [-0.4, -0.2) is 12.6 Å². The SMILES string of the molecule is C#CCCCC(CC1CCCCC1)NCC. The quantitative estimate of drug-likeness (QED) is 0.510. The summed E-state index contributed by atoms with van der Waals surface area (Å²) in [6.07, 6.45) is 17.3.